The van der Waals surface area contributed by atoms with E-state index >= 15 is 0 Å². The molecule has 0 fully saturated rings. The molecule has 2 aliphatic rings. The van der Waals surface area contributed by atoms with Gasteiger partial charge in [-0.05, 0) is 60.2 Å². The second kappa shape index (κ2) is 11.7. The smallest absolute Gasteiger partial charge is 0.346 e. The van der Waals surface area contributed by atoms with E-state index in [1.54, 1.807) is 0 Å². The normalized spacial score (nSPS) is 13.0. The highest BCUT2D eigenvalue weighted by molar-refractivity contribution is 6.15. The van der Waals surface area contributed by atoms with Crippen molar-refractivity contribution in [2.45, 2.75) is 6.42 Å². The molecule has 45 heavy (non-hydrogen) atoms. The van der Waals surface area contributed by atoms with Crippen LogP contribution in [0, 0.1) is 0 Å². The maximum absolute atomic E-state index is 13.2. The Balaban J connectivity index is 1.24. The summed E-state index contributed by atoms with van der Waals surface area (Å²) in [5.41, 5.74) is 1.18. The molecule has 2 heterocycles. The van der Waals surface area contributed by atoms with E-state index in [0.29, 0.717) is 12.0 Å². The Morgan fingerprint density at radius 2 is 1.24 bits per heavy atom. The van der Waals surface area contributed by atoms with Gasteiger partial charge in [-0.3, -0.25) is 0 Å². The Morgan fingerprint density at radius 1 is 0.622 bits per heavy atom. The Morgan fingerprint density at radius 3 is 1.98 bits per heavy atom. The van der Waals surface area contributed by atoms with Gasteiger partial charge in [0.2, 0.25) is 0 Å². The van der Waals surface area contributed by atoms with Gasteiger partial charge in [-0.25, -0.2) is 28.8 Å². The Kier molecular flexibility index (Phi) is 7.49. The fourth-order valence-electron chi connectivity index (χ4n) is 4.65. The van der Waals surface area contributed by atoms with Crippen molar-refractivity contribution >= 4 is 41.6 Å². The lowest BCUT2D eigenvalue weighted by Crippen LogP contribution is -2.15. The summed E-state index contributed by atoms with van der Waals surface area (Å²) in [6.07, 6.45) is 0.413. The molecular formula is C34H20O11. The maximum Gasteiger partial charge on any atom is 0.346 e. The van der Waals surface area contributed by atoms with Crippen molar-refractivity contribution in [3.05, 3.63) is 136 Å². The van der Waals surface area contributed by atoms with Crippen LogP contribution in [0.3, 0.4) is 0 Å². The zero-order chi connectivity index (χ0) is 31.7. The highest BCUT2D eigenvalue weighted by atomic mass is 16.6. The van der Waals surface area contributed by atoms with E-state index in [4.69, 9.17) is 18.9 Å². The van der Waals surface area contributed by atoms with Crippen LogP contribution in [0.2, 0.25) is 0 Å². The Labute approximate surface area is 254 Å². The zero-order valence-corrected chi connectivity index (χ0v) is 23.2. The lowest BCUT2D eigenvalue weighted by Gasteiger charge is -2.13. The number of benzene rings is 4. The summed E-state index contributed by atoms with van der Waals surface area (Å²) in [5.74, 6) is -5.15. The van der Waals surface area contributed by atoms with Gasteiger partial charge in [0.1, 0.15) is 22.8 Å². The number of cyclic esters (lactones) is 3. The van der Waals surface area contributed by atoms with Crippen molar-refractivity contribution in [2.24, 2.45) is 0 Å². The molecule has 6 rings (SSSR count). The predicted octanol–water partition coefficient (Wildman–Crippen LogP) is 4.98. The monoisotopic (exact) mass is 604 g/mol. The lowest BCUT2D eigenvalue weighted by atomic mass is 10.0. The van der Waals surface area contributed by atoms with Crippen LogP contribution in [0.15, 0.2) is 91.5 Å². The quantitative estimate of drug-likeness (QED) is 0.116. The zero-order valence-electron chi connectivity index (χ0n) is 23.2. The first-order valence-corrected chi connectivity index (χ1v) is 13.4. The molecule has 222 valence electrons. The summed E-state index contributed by atoms with van der Waals surface area (Å²) in [7, 11) is 0. The molecule has 0 atom stereocenters. The summed E-state index contributed by atoms with van der Waals surface area (Å²) in [6.45, 7) is 3.65. The van der Waals surface area contributed by atoms with E-state index in [-0.39, 0.29) is 57.2 Å². The number of carbonyl (C=O) groups is 6. The van der Waals surface area contributed by atoms with Gasteiger partial charge in [-0.15, -0.1) is 0 Å². The average Bonchev–Trinajstić information content (AvgIpc) is 3.50. The SMILES string of the molecule is C=C1OC(=O)c2cc(C(=O)Oc3ccc(OC(=O)c4ccc5c(c4)C(=O)OC5=O)cc3C(=O)OCCc3ccccc3)ccc21. The van der Waals surface area contributed by atoms with Crippen molar-refractivity contribution in [1.29, 1.82) is 0 Å². The van der Waals surface area contributed by atoms with Gasteiger partial charge < -0.3 is 23.7 Å². The van der Waals surface area contributed by atoms with Gasteiger partial charge in [0.15, 0.2) is 0 Å². The first-order chi connectivity index (χ1) is 21.7. The van der Waals surface area contributed by atoms with E-state index in [2.05, 4.69) is 11.3 Å². The molecule has 0 bridgehead atoms. The molecule has 0 spiro atoms. The number of ether oxygens (including phenoxy) is 5. The standard InChI is InChI=1S/C34H20O11/c1-18-23-10-7-21(15-25(23)33(39)42-18)30(36)44-28-12-9-22(17-27(28)31(37)41-14-13-19-5-3-2-4-6-19)43-29(35)20-8-11-24-26(16-20)34(40)45-32(24)38/h2-12,15-17H,1,13-14H2. The molecule has 0 unspecified atom stereocenters. The number of hydrogen-bond donors (Lipinski definition) is 0. The van der Waals surface area contributed by atoms with Crippen molar-refractivity contribution in [1.82, 2.24) is 0 Å². The highest BCUT2D eigenvalue weighted by Gasteiger charge is 2.31. The molecular weight excluding hydrogens is 584 g/mol. The van der Waals surface area contributed by atoms with Crippen LogP contribution >= 0.6 is 0 Å². The molecule has 2 aliphatic heterocycles. The number of rotatable bonds is 8. The summed E-state index contributed by atoms with van der Waals surface area (Å²) >= 11 is 0. The average molecular weight is 605 g/mol. The number of fused-ring (bicyclic) bond motifs is 2. The van der Waals surface area contributed by atoms with E-state index in [0.717, 1.165) is 5.56 Å². The molecule has 11 heteroatoms. The minimum Gasteiger partial charge on any atom is -0.462 e. The molecule has 0 amide bonds. The second-order valence-corrected chi connectivity index (χ2v) is 9.82. The molecule has 4 aromatic carbocycles. The first kappa shape index (κ1) is 28.7. The van der Waals surface area contributed by atoms with Crippen molar-refractivity contribution in [2.75, 3.05) is 6.61 Å². The molecule has 0 aliphatic carbocycles. The van der Waals surface area contributed by atoms with Crippen LogP contribution in [-0.2, 0) is 20.6 Å². The van der Waals surface area contributed by atoms with E-state index in [1.165, 1.54) is 54.6 Å². The van der Waals surface area contributed by atoms with Gasteiger partial charge in [0, 0.05) is 12.0 Å². The Bertz CT molecular complexity index is 1960. The minimum atomic E-state index is -0.898. The third-order valence-corrected chi connectivity index (χ3v) is 6.92. The molecule has 0 saturated heterocycles. The Hall–Kier alpha value is -6.36. The molecule has 11 nitrogen and oxygen atoms in total. The fourth-order valence-corrected chi connectivity index (χ4v) is 4.65. The number of carbonyl (C=O) groups excluding carboxylic acids is 6. The van der Waals surface area contributed by atoms with Gasteiger partial charge >= 0.3 is 35.8 Å². The van der Waals surface area contributed by atoms with Crippen LogP contribution in [0.25, 0.3) is 5.76 Å². The fraction of sp³-hybridized carbons (Fsp3) is 0.0588. The topological polar surface area (TPSA) is 149 Å². The van der Waals surface area contributed by atoms with Crippen molar-refractivity contribution < 1.29 is 52.5 Å². The summed E-state index contributed by atoms with van der Waals surface area (Å²) in [5, 5.41) is 0. The number of esters is 6. The molecule has 0 saturated carbocycles. The molecule has 0 radical (unpaired) electrons. The van der Waals surface area contributed by atoms with Crippen LogP contribution in [0.5, 0.6) is 11.5 Å². The van der Waals surface area contributed by atoms with E-state index in [1.807, 2.05) is 30.3 Å². The first-order valence-electron chi connectivity index (χ1n) is 13.4. The number of hydrogen-bond acceptors (Lipinski definition) is 11. The molecule has 4 aromatic rings. The third kappa shape index (κ3) is 5.82. The minimum absolute atomic E-state index is 0.00101. The van der Waals surface area contributed by atoms with Gasteiger partial charge in [0.25, 0.3) is 0 Å². The van der Waals surface area contributed by atoms with Gasteiger partial charge in [0.05, 0.1) is 34.4 Å². The van der Waals surface area contributed by atoms with Crippen LogP contribution in [0.1, 0.15) is 73.3 Å². The second-order valence-electron chi connectivity index (χ2n) is 9.82. The van der Waals surface area contributed by atoms with Crippen LogP contribution < -0.4 is 9.47 Å². The van der Waals surface area contributed by atoms with E-state index in [9.17, 15) is 28.8 Å². The highest BCUT2D eigenvalue weighted by Crippen LogP contribution is 2.31. The van der Waals surface area contributed by atoms with Gasteiger partial charge in [-0.1, -0.05) is 36.9 Å². The van der Waals surface area contributed by atoms with Crippen molar-refractivity contribution in [3.63, 3.8) is 0 Å². The predicted molar refractivity (Wildman–Crippen MR) is 154 cm³/mol. The van der Waals surface area contributed by atoms with Crippen LogP contribution in [0.4, 0.5) is 0 Å². The molecule has 0 N–H and O–H groups in total. The summed E-state index contributed by atoms with van der Waals surface area (Å²) in [6, 6.07) is 20.9. The lowest BCUT2D eigenvalue weighted by molar-refractivity contribution is 0.0439. The van der Waals surface area contributed by atoms with E-state index < -0.39 is 35.8 Å². The largest absolute Gasteiger partial charge is 0.462 e. The van der Waals surface area contributed by atoms with Crippen LogP contribution in [-0.4, -0.2) is 42.4 Å². The van der Waals surface area contributed by atoms with Gasteiger partial charge in [-0.2, -0.15) is 0 Å². The van der Waals surface area contributed by atoms with Crippen molar-refractivity contribution in [3.8, 4) is 11.5 Å². The summed E-state index contributed by atoms with van der Waals surface area (Å²) < 4.78 is 25.9. The third-order valence-electron chi connectivity index (χ3n) is 6.92. The molecule has 0 aromatic heterocycles. The maximum atomic E-state index is 13.2. The summed E-state index contributed by atoms with van der Waals surface area (Å²) in [4.78, 5) is 74.9.